The van der Waals surface area contributed by atoms with Gasteiger partial charge in [-0.05, 0) is 50.3 Å². The molecule has 0 unspecified atom stereocenters. The second kappa shape index (κ2) is 10.4. The van der Waals surface area contributed by atoms with Crippen LogP contribution in [0.5, 0.6) is 5.75 Å². The summed E-state index contributed by atoms with van der Waals surface area (Å²) in [6.07, 6.45) is 5.16. The number of aryl methyl sites for hydroxylation is 1. The number of aromatic nitrogens is 2. The molecule has 10 heteroatoms. The minimum Gasteiger partial charge on any atom is -0.488 e. The summed E-state index contributed by atoms with van der Waals surface area (Å²) in [6.45, 7) is 3.34. The van der Waals surface area contributed by atoms with E-state index in [1.807, 2.05) is 6.92 Å². The molecule has 0 spiro atoms. The van der Waals surface area contributed by atoms with Crippen molar-refractivity contribution in [3.63, 3.8) is 0 Å². The van der Waals surface area contributed by atoms with E-state index in [9.17, 15) is 9.18 Å². The zero-order valence-electron chi connectivity index (χ0n) is 18.7. The summed E-state index contributed by atoms with van der Waals surface area (Å²) >= 11 is 1.23. The average Bonchev–Trinajstić information content (AvgIpc) is 3.15. The second-order valence-corrected chi connectivity index (χ2v) is 9.13. The van der Waals surface area contributed by atoms with Crippen molar-refractivity contribution < 1.29 is 18.7 Å². The van der Waals surface area contributed by atoms with E-state index < -0.39 is 5.91 Å². The van der Waals surface area contributed by atoms with Crippen LogP contribution in [-0.2, 0) is 4.74 Å². The Kier molecular flexibility index (Phi) is 7.36. The van der Waals surface area contributed by atoms with E-state index in [0.29, 0.717) is 45.0 Å². The molecule has 1 amide bonds. The quantitative estimate of drug-likeness (QED) is 0.404. The fourth-order valence-corrected chi connectivity index (χ4v) is 5.16. The Labute approximate surface area is 195 Å². The second-order valence-electron chi connectivity index (χ2n) is 8.13. The van der Waals surface area contributed by atoms with E-state index in [0.717, 1.165) is 37.8 Å². The van der Waals surface area contributed by atoms with E-state index in [1.165, 1.54) is 29.8 Å². The van der Waals surface area contributed by atoms with Gasteiger partial charge in [0, 0.05) is 25.8 Å². The summed E-state index contributed by atoms with van der Waals surface area (Å²) in [4.78, 5) is 21.5. The Hall–Kier alpha value is -2.82. The molecule has 4 N–H and O–H groups in total. The number of hydrogen-bond donors (Lipinski definition) is 3. The Morgan fingerprint density at radius 1 is 1.27 bits per heavy atom. The first kappa shape index (κ1) is 23.3. The lowest BCUT2D eigenvalue weighted by Crippen LogP contribution is -2.37. The van der Waals surface area contributed by atoms with Gasteiger partial charge in [-0.2, -0.15) is 0 Å². The number of amides is 1. The maximum absolute atomic E-state index is 14.1. The number of thiophene rings is 1. The van der Waals surface area contributed by atoms with Gasteiger partial charge in [-0.15, -0.1) is 11.3 Å². The van der Waals surface area contributed by atoms with E-state index in [4.69, 9.17) is 15.2 Å². The molecular formula is C23H28FN5O3S. The van der Waals surface area contributed by atoms with Crippen LogP contribution >= 0.6 is 11.3 Å². The molecule has 0 aliphatic heterocycles. The van der Waals surface area contributed by atoms with Crippen molar-refractivity contribution in [2.75, 3.05) is 25.6 Å². The summed E-state index contributed by atoms with van der Waals surface area (Å²) in [6, 6.07) is 4.84. The van der Waals surface area contributed by atoms with Gasteiger partial charge < -0.3 is 25.8 Å². The van der Waals surface area contributed by atoms with Crippen LogP contribution in [0.1, 0.15) is 40.9 Å². The molecule has 8 nitrogen and oxygen atoms in total. The molecule has 1 saturated carbocycles. The highest BCUT2D eigenvalue weighted by Gasteiger charge is 2.24. The van der Waals surface area contributed by atoms with Gasteiger partial charge in [0.15, 0.2) is 0 Å². The summed E-state index contributed by atoms with van der Waals surface area (Å²) in [5, 5.41) is 7.46. The van der Waals surface area contributed by atoms with E-state index >= 15 is 0 Å². The third-order valence-corrected chi connectivity index (χ3v) is 7.07. The van der Waals surface area contributed by atoms with Gasteiger partial charge in [-0.1, -0.05) is 0 Å². The van der Waals surface area contributed by atoms with Crippen LogP contribution in [0.25, 0.3) is 10.2 Å². The predicted molar refractivity (Wildman–Crippen MR) is 127 cm³/mol. The number of carbonyl (C=O) groups is 1. The number of benzene rings is 1. The third kappa shape index (κ3) is 5.40. The SMILES string of the molecule is COCCNC1CCC(Oc2cc(F)ccc2Nc2ncnc3sc(C(N)=O)c(C)c23)CC1. The lowest BCUT2D eigenvalue weighted by atomic mass is 9.93. The minimum absolute atomic E-state index is 0.00240. The zero-order valence-corrected chi connectivity index (χ0v) is 19.5. The largest absolute Gasteiger partial charge is 0.488 e. The Bertz CT molecular complexity index is 1130. The number of carbonyl (C=O) groups excluding carboxylic acids is 1. The highest BCUT2D eigenvalue weighted by atomic mass is 32.1. The number of nitrogens with one attached hydrogen (secondary N) is 2. The third-order valence-electron chi connectivity index (χ3n) is 5.85. The maximum Gasteiger partial charge on any atom is 0.259 e. The minimum atomic E-state index is -0.500. The molecule has 2 aromatic heterocycles. The average molecular weight is 474 g/mol. The van der Waals surface area contributed by atoms with Gasteiger partial charge in [0.2, 0.25) is 0 Å². The molecule has 4 rings (SSSR count). The summed E-state index contributed by atoms with van der Waals surface area (Å²) in [7, 11) is 1.69. The fraction of sp³-hybridized carbons (Fsp3) is 0.435. The molecule has 0 saturated heterocycles. The molecule has 176 valence electrons. The van der Waals surface area contributed by atoms with Crippen LogP contribution in [0, 0.1) is 12.7 Å². The van der Waals surface area contributed by atoms with Crippen molar-refractivity contribution in [2.24, 2.45) is 5.73 Å². The molecule has 1 aromatic carbocycles. The molecule has 0 bridgehead atoms. The van der Waals surface area contributed by atoms with Crippen molar-refractivity contribution in [3.05, 3.63) is 40.8 Å². The molecule has 0 atom stereocenters. The topological polar surface area (TPSA) is 111 Å². The van der Waals surface area contributed by atoms with Crippen LogP contribution in [-0.4, -0.2) is 48.3 Å². The molecule has 2 heterocycles. The first-order valence-corrected chi connectivity index (χ1v) is 11.8. The van der Waals surface area contributed by atoms with E-state index in [1.54, 1.807) is 13.2 Å². The Morgan fingerprint density at radius 3 is 2.79 bits per heavy atom. The Balaban J connectivity index is 1.51. The number of nitrogens with zero attached hydrogens (tertiary/aromatic N) is 2. The number of ether oxygens (including phenoxy) is 2. The number of primary amides is 1. The normalized spacial score (nSPS) is 18.4. The van der Waals surface area contributed by atoms with Gasteiger partial charge in [-0.25, -0.2) is 14.4 Å². The first-order chi connectivity index (χ1) is 16.0. The summed E-state index contributed by atoms with van der Waals surface area (Å²) in [5.74, 6) is 0.0740. The fourth-order valence-electron chi connectivity index (χ4n) is 4.16. The molecule has 3 aromatic rings. The van der Waals surface area contributed by atoms with Gasteiger partial charge in [0.1, 0.15) is 28.5 Å². The van der Waals surface area contributed by atoms with E-state index in [-0.39, 0.29) is 11.9 Å². The molecular weight excluding hydrogens is 445 g/mol. The number of nitrogens with two attached hydrogens (primary N) is 1. The highest BCUT2D eigenvalue weighted by Crippen LogP contribution is 2.37. The van der Waals surface area contributed by atoms with Crippen molar-refractivity contribution in [1.82, 2.24) is 15.3 Å². The molecule has 33 heavy (non-hydrogen) atoms. The zero-order chi connectivity index (χ0) is 23.4. The highest BCUT2D eigenvalue weighted by molar-refractivity contribution is 7.20. The van der Waals surface area contributed by atoms with Gasteiger partial charge in [0.25, 0.3) is 5.91 Å². The molecule has 0 radical (unpaired) electrons. The van der Waals surface area contributed by atoms with Gasteiger partial charge in [0.05, 0.1) is 28.7 Å². The Morgan fingerprint density at radius 2 is 2.06 bits per heavy atom. The number of hydrogen-bond acceptors (Lipinski definition) is 8. The van der Waals surface area contributed by atoms with Crippen LogP contribution < -0.4 is 21.1 Å². The van der Waals surface area contributed by atoms with Crippen molar-refractivity contribution >= 4 is 39.0 Å². The van der Waals surface area contributed by atoms with Gasteiger partial charge in [-0.3, -0.25) is 4.79 Å². The van der Waals surface area contributed by atoms with Crippen LogP contribution in [0.4, 0.5) is 15.9 Å². The molecule has 1 aliphatic rings. The number of rotatable bonds is 9. The van der Waals surface area contributed by atoms with Crippen molar-refractivity contribution in [3.8, 4) is 5.75 Å². The molecule has 1 aliphatic carbocycles. The maximum atomic E-state index is 14.1. The summed E-state index contributed by atoms with van der Waals surface area (Å²) in [5.41, 5.74) is 6.82. The van der Waals surface area contributed by atoms with E-state index in [2.05, 4.69) is 20.6 Å². The number of halogens is 1. The van der Waals surface area contributed by atoms with Crippen LogP contribution in [0.3, 0.4) is 0 Å². The van der Waals surface area contributed by atoms with Gasteiger partial charge >= 0.3 is 0 Å². The summed E-state index contributed by atoms with van der Waals surface area (Å²) < 4.78 is 25.4. The predicted octanol–water partition coefficient (Wildman–Crippen LogP) is 3.91. The lowest BCUT2D eigenvalue weighted by Gasteiger charge is -2.30. The van der Waals surface area contributed by atoms with Crippen molar-refractivity contribution in [2.45, 2.75) is 44.8 Å². The monoisotopic (exact) mass is 473 g/mol. The van der Waals surface area contributed by atoms with Crippen LogP contribution in [0.15, 0.2) is 24.5 Å². The first-order valence-electron chi connectivity index (χ1n) is 11.0. The number of anilines is 2. The standard InChI is InChI=1S/C23H28FN5O3S/c1-13-19-22(27-12-28-23(19)33-20(13)21(25)30)29-17-8-3-14(24)11-18(17)32-16-6-4-15(5-7-16)26-9-10-31-2/h3,8,11-12,15-16,26H,4-7,9-10H2,1-2H3,(H2,25,30)(H,27,28,29). The number of methoxy groups -OCH3 is 1. The smallest absolute Gasteiger partial charge is 0.259 e. The van der Waals surface area contributed by atoms with Crippen LogP contribution in [0.2, 0.25) is 0 Å². The lowest BCUT2D eigenvalue weighted by molar-refractivity contribution is 0.100. The van der Waals surface area contributed by atoms with Crippen molar-refractivity contribution in [1.29, 1.82) is 0 Å². The number of fused-ring (bicyclic) bond motifs is 1. The molecule has 1 fully saturated rings.